The van der Waals surface area contributed by atoms with Crippen molar-refractivity contribution in [1.29, 1.82) is 5.26 Å². The fourth-order valence-electron chi connectivity index (χ4n) is 4.83. The quantitative estimate of drug-likeness (QED) is 0.675. The maximum absolute atomic E-state index is 8.88. The van der Waals surface area contributed by atoms with Crippen molar-refractivity contribution in [3.8, 4) is 6.07 Å². The summed E-state index contributed by atoms with van der Waals surface area (Å²) in [7, 11) is 0. The van der Waals surface area contributed by atoms with Gasteiger partial charge in [0, 0.05) is 6.42 Å². The topological polar surface area (TPSA) is 23.8 Å². The molecule has 2 aliphatic carbocycles. The van der Waals surface area contributed by atoms with Crippen LogP contribution in [0.1, 0.15) is 59.3 Å². The second-order valence-corrected chi connectivity index (χ2v) is 6.51. The van der Waals surface area contributed by atoms with Crippen molar-refractivity contribution < 1.29 is 0 Å². The van der Waals surface area contributed by atoms with E-state index in [1.165, 1.54) is 32.1 Å². The first-order valence-corrected chi connectivity index (χ1v) is 6.96. The predicted molar refractivity (Wildman–Crippen MR) is 66.7 cm³/mol. The Kier molecular flexibility index (Phi) is 3.29. The Bertz CT molecular complexity index is 290. The van der Waals surface area contributed by atoms with E-state index in [1.54, 1.807) is 0 Å². The van der Waals surface area contributed by atoms with E-state index in [9.17, 15) is 0 Å². The van der Waals surface area contributed by atoms with Crippen LogP contribution in [-0.4, -0.2) is 0 Å². The van der Waals surface area contributed by atoms with Gasteiger partial charge in [-0.15, -0.1) is 0 Å². The molecule has 90 valence electrons. The van der Waals surface area contributed by atoms with Crippen LogP contribution in [0.5, 0.6) is 0 Å². The van der Waals surface area contributed by atoms with Crippen molar-refractivity contribution in [3.63, 3.8) is 0 Å². The SMILES string of the molecule is C[C@H](CC#N)C1CCC2[C@@H](C)CCC[C@]12C. The molecule has 0 bridgehead atoms. The number of nitrogens with zero attached hydrogens (tertiary/aromatic N) is 1. The molecule has 2 saturated carbocycles. The number of hydrogen-bond acceptors (Lipinski definition) is 1. The summed E-state index contributed by atoms with van der Waals surface area (Å²) in [5.74, 6) is 3.26. The third kappa shape index (κ3) is 1.77. The van der Waals surface area contributed by atoms with Gasteiger partial charge in [-0.3, -0.25) is 0 Å². The van der Waals surface area contributed by atoms with Gasteiger partial charge in [-0.1, -0.05) is 33.6 Å². The Morgan fingerprint density at radius 3 is 2.81 bits per heavy atom. The summed E-state index contributed by atoms with van der Waals surface area (Å²) in [5, 5.41) is 8.88. The molecule has 0 aromatic heterocycles. The van der Waals surface area contributed by atoms with Gasteiger partial charge in [-0.05, 0) is 48.3 Å². The zero-order chi connectivity index (χ0) is 11.8. The van der Waals surface area contributed by atoms with Crippen molar-refractivity contribution in [2.45, 2.75) is 59.3 Å². The van der Waals surface area contributed by atoms with E-state index in [1.807, 2.05) is 0 Å². The normalized spacial score (nSPS) is 44.8. The molecule has 2 unspecified atom stereocenters. The van der Waals surface area contributed by atoms with Gasteiger partial charge in [0.25, 0.3) is 0 Å². The molecule has 1 heteroatoms. The number of hydrogen-bond donors (Lipinski definition) is 0. The monoisotopic (exact) mass is 219 g/mol. The van der Waals surface area contributed by atoms with E-state index in [2.05, 4.69) is 26.8 Å². The molecule has 0 aromatic carbocycles. The molecule has 16 heavy (non-hydrogen) atoms. The molecule has 0 aliphatic heterocycles. The molecular formula is C15H25N. The number of fused-ring (bicyclic) bond motifs is 1. The van der Waals surface area contributed by atoms with Gasteiger partial charge in [0.05, 0.1) is 6.07 Å². The first-order valence-electron chi connectivity index (χ1n) is 6.96. The zero-order valence-electron chi connectivity index (χ0n) is 11.0. The van der Waals surface area contributed by atoms with Crippen molar-refractivity contribution in [2.75, 3.05) is 0 Å². The van der Waals surface area contributed by atoms with Crippen LogP contribution in [0, 0.1) is 40.4 Å². The number of rotatable bonds is 2. The minimum Gasteiger partial charge on any atom is -0.198 e. The molecule has 2 fully saturated rings. The van der Waals surface area contributed by atoms with E-state index in [0.29, 0.717) is 11.3 Å². The van der Waals surface area contributed by atoms with Crippen LogP contribution in [0.4, 0.5) is 0 Å². The third-order valence-corrected chi connectivity index (χ3v) is 5.64. The van der Waals surface area contributed by atoms with Gasteiger partial charge in [0.2, 0.25) is 0 Å². The summed E-state index contributed by atoms with van der Waals surface area (Å²) in [5.41, 5.74) is 0.550. The van der Waals surface area contributed by atoms with Crippen LogP contribution in [0.25, 0.3) is 0 Å². The molecule has 2 aliphatic rings. The minimum atomic E-state index is 0.550. The summed E-state index contributed by atoms with van der Waals surface area (Å²) >= 11 is 0. The van der Waals surface area contributed by atoms with Crippen molar-refractivity contribution in [2.24, 2.45) is 29.1 Å². The lowest BCUT2D eigenvalue weighted by Gasteiger charge is -2.45. The molecule has 0 amide bonds. The fourth-order valence-corrected chi connectivity index (χ4v) is 4.83. The Hall–Kier alpha value is -0.510. The third-order valence-electron chi connectivity index (χ3n) is 5.64. The first-order chi connectivity index (χ1) is 7.59. The molecule has 0 heterocycles. The van der Waals surface area contributed by atoms with Crippen LogP contribution >= 0.6 is 0 Å². The molecule has 0 radical (unpaired) electrons. The maximum Gasteiger partial charge on any atom is 0.0624 e. The van der Waals surface area contributed by atoms with Gasteiger partial charge in [-0.25, -0.2) is 0 Å². The lowest BCUT2D eigenvalue weighted by atomic mass is 9.59. The van der Waals surface area contributed by atoms with E-state index in [0.717, 1.165) is 24.2 Å². The van der Waals surface area contributed by atoms with Crippen LogP contribution in [-0.2, 0) is 0 Å². The summed E-state index contributed by atoms with van der Waals surface area (Å²) in [6, 6.07) is 2.37. The Balaban J connectivity index is 2.15. The van der Waals surface area contributed by atoms with Crippen LogP contribution in [0.3, 0.4) is 0 Å². The van der Waals surface area contributed by atoms with Crippen molar-refractivity contribution in [3.05, 3.63) is 0 Å². The predicted octanol–water partition coefficient (Wildman–Crippen LogP) is 4.39. The average Bonchev–Trinajstić information content (AvgIpc) is 2.57. The Labute approximate surface area is 100 Å². The zero-order valence-corrected chi connectivity index (χ0v) is 11.0. The lowest BCUT2D eigenvalue weighted by molar-refractivity contribution is 0.0378. The standard InChI is InChI=1S/C15H25N/c1-11-5-4-9-15(3)13(11)6-7-14(15)12(2)8-10-16/h11-14H,4-9H2,1-3H3/t11-,12+,13?,14?,15-/m0/s1. The lowest BCUT2D eigenvalue weighted by Crippen LogP contribution is -2.38. The Morgan fingerprint density at radius 1 is 1.38 bits per heavy atom. The average molecular weight is 219 g/mol. The Morgan fingerprint density at radius 2 is 2.12 bits per heavy atom. The van der Waals surface area contributed by atoms with Gasteiger partial charge in [0.15, 0.2) is 0 Å². The molecule has 1 nitrogen and oxygen atoms in total. The van der Waals surface area contributed by atoms with Gasteiger partial charge in [0.1, 0.15) is 0 Å². The minimum absolute atomic E-state index is 0.550. The summed E-state index contributed by atoms with van der Waals surface area (Å²) < 4.78 is 0. The molecule has 2 rings (SSSR count). The van der Waals surface area contributed by atoms with E-state index in [-0.39, 0.29) is 0 Å². The molecule has 0 aromatic rings. The van der Waals surface area contributed by atoms with Gasteiger partial charge >= 0.3 is 0 Å². The van der Waals surface area contributed by atoms with E-state index < -0.39 is 0 Å². The van der Waals surface area contributed by atoms with Gasteiger partial charge < -0.3 is 0 Å². The highest BCUT2D eigenvalue weighted by Crippen LogP contribution is 2.59. The van der Waals surface area contributed by atoms with Crippen LogP contribution in [0.15, 0.2) is 0 Å². The highest BCUT2D eigenvalue weighted by molar-refractivity contribution is 5.01. The summed E-state index contributed by atoms with van der Waals surface area (Å²) in [6.07, 6.45) is 7.78. The summed E-state index contributed by atoms with van der Waals surface area (Å²) in [4.78, 5) is 0. The smallest absolute Gasteiger partial charge is 0.0624 e. The van der Waals surface area contributed by atoms with Gasteiger partial charge in [-0.2, -0.15) is 5.26 Å². The van der Waals surface area contributed by atoms with Crippen molar-refractivity contribution >= 4 is 0 Å². The highest BCUT2D eigenvalue weighted by atomic mass is 14.6. The van der Waals surface area contributed by atoms with Crippen molar-refractivity contribution in [1.82, 2.24) is 0 Å². The molecule has 0 N–H and O–H groups in total. The summed E-state index contributed by atoms with van der Waals surface area (Å²) in [6.45, 7) is 7.25. The largest absolute Gasteiger partial charge is 0.198 e. The fraction of sp³-hybridized carbons (Fsp3) is 0.933. The molecule has 0 saturated heterocycles. The molecule has 5 atom stereocenters. The first kappa shape index (κ1) is 12.0. The van der Waals surface area contributed by atoms with E-state index in [4.69, 9.17) is 5.26 Å². The van der Waals surface area contributed by atoms with E-state index >= 15 is 0 Å². The molecular weight excluding hydrogens is 194 g/mol. The second-order valence-electron chi connectivity index (χ2n) is 6.51. The van der Waals surface area contributed by atoms with Crippen LogP contribution < -0.4 is 0 Å². The maximum atomic E-state index is 8.88. The highest BCUT2D eigenvalue weighted by Gasteiger charge is 2.51. The number of nitriles is 1. The van der Waals surface area contributed by atoms with Crippen LogP contribution in [0.2, 0.25) is 0 Å². The molecule has 0 spiro atoms. The second kappa shape index (κ2) is 4.40.